The molecule has 0 saturated heterocycles. The molecule has 0 fully saturated rings. The van der Waals surface area contributed by atoms with Gasteiger partial charge in [-0.25, -0.2) is 9.97 Å². The molecule has 0 radical (unpaired) electrons. The van der Waals surface area contributed by atoms with Crippen LogP contribution in [0.25, 0.3) is 0 Å². The number of primary amides is 1. The van der Waals surface area contributed by atoms with Gasteiger partial charge in [0.25, 0.3) is 0 Å². The van der Waals surface area contributed by atoms with E-state index in [0.29, 0.717) is 28.7 Å². The highest BCUT2D eigenvalue weighted by atomic mass is 35.5. The van der Waals surface area contributed by atoms with E-state index in [2.05, 4.69) is 15.3 Å². The van der Waals surface area contributed by atoms with Gasteiger partial charge in [0.2, 0.25) is 11.7 Å². The minimum absolute atomic E-state index is 0.0698. The van der Waals surface area contributed by atoms with Crippen LogP contribution in [0.1, 0.15) is 48.0 Å². The molecular weight excluding hydrogens is 452 g/mol. The number of aromatic nitrogens is 2. The van der Waals surface area contributed by atoms with Crippen LogP contribution in [0.15, 0.2) is 51.3 Å². The smallest absolute Gasteiger partial charge is 0.221 e. The maximum absolute atomic E-state index is 15.3. The van der Waals surface area contributed by atoms with E-state index in [1.54, 1.807) is 17.9 Å². The Kier molecular flexibility index (Phi) is 11.4. The van der Waals surface area contributed by atoms with Crippen molar-refractivity contribution in [2.45, 2.75) is 54.0 Å². The van der Waals surface area contributed by atoms with Crippen LogP contribution in [-0.2, 0) is 4.79 Å². The van der Waals surface area contributed by atoms with Gasteiger partial charge in [-0.3, -0.25) is 4.79 Å². The summed E-state index contributed by atoms with van der Waals surface area (Å²) in [6, 6.07) is -0.0698. The van der Waals surface area contributed by atoms with Crippen LogP contribution >= 0.6 is 23.2 Å². The van der Waals surface area contributed by atoms with Gasteiger partial charge in [-0.05, 0) is 41.5 Å². The Hall–Kier alpha value is -2.38. The standard InChI is InChI=1S/C23H32Cl2FN5O/c1-7-19(25)18(17(6)24)12-31(14(2)3)23-21(26)22(29-13-30-23)28-11-16(5)9-8-15(4)10-20(27)32/h7-9,13-14H,10-12H2,1-6H3,(H2,27,32)(H,28,29,30)/b15-8+,16-9+,18-17+,19-7+. The van der Waals surface area contributed by atoms with Gasteiger partial charge in [0.1, 0.15) is 6.33 Å². The first-order valence-electron chi connectivity index (χ1n) is 10.3. The molecule has 1 heterocycles. The van der Waals surface area contributed by atoms with Crippen molar-refractivity contribution in [3.63, 3.8) is 0 Å². The number of nitrogens with zero attached hydrogens (tertiary/aromatic N) is 3. The number of hydrogen-bond acceptors (Lipinski definition) is 5. The zero-order valence-electron chi connectivity index (χ0n) is 19.5. The molecule has 1 aromatic heterocycles. The molecule has 0 saturated carbocycles. The Bertz CT molecular complexity index is 934. The number of nitrogens with one attached hydrogen (secondary N) is 1. The number of carbonyl (C=O) groups is 1. The third-order valence-electron chi connectivity index (χ3n) is 4.59. The van der Waals surface area contributed by atoms with Crippen molar-refractivity contribution in [3.8, 4) is 0 Å². The molecule has 32 heavy (non-hydrogen) atoms. The molecule has 1 rings (SSSR count). The highest BCUT2D eigenvalue weighted by molar-refractivity contribution is 6.35. The predicted octanol–water partition coefficient (Wildman–Crippen LogP) is 5.67. The molecule has 0 aliphatic carbocycles. The largest absolute Gasteiger partial charge is 0.369 e. The number of allylic oxidation sites excluding steroid dienone is 4. The van der Waals surface area contributed by atoms with Gasteiger partial charge in [0, 0.05) is 41.2 Å². The predicted molar refractivity (Wildman–Crippen MR) is 132 cm³/mol. The zero-order chi connectivity index (χ0) is 24.4. The van der Waals surface area contributed by atoms with E-state index in [9.17, 15) is 4.79 Å². The van der Waals surface area contributed by atoms with Crippen LogP contribution in [0, 0.1) is 5.82 Å². The molecule has 0 unspecified atom stereocenters. The summed E-state index contributed by atoms with van der Waals surface area (Å²) in [5.41, 5.74) is 7.66. The van der Waals surface area contributed by atoms with Crippen LogP contribution in [0.5, 0.6) is 0 Å². The minimum atomic E-state index is -0.558. The summed E-state index contributed by atoms with van der Waals surface area (Å²) in [5, 5.41) is 4.05. The molecule has 0 atom stereocenters. The van der Waals surface area contributed by atoms with Gasteiger partial charge in [0.15, 0.2) is 11.6 Å². The number of rotatable bonds is 11. The van der Waals surface area contributed by atoms with Crippen LogP contribution in [0.3, 0.4) is 0 Å². The summed E-state index contributed by atoms with van der Waals surface area (Å²) in [6.07, 6.45) is 6.93. The highest BCUT2D eigenvalue weighted by Gasteiger charge is 2.22. The third kappa shape index (κ3) is 8.63. The fourth-order valence-corrected chi connectivity index (χ4v) is 3.19. The third-order valence-corrected chi connectivity index (χ3v) is 5.27. The highest BCUT2D eigenvalue weighted by Crippen LogP contribution is 2.28. The SMILES string of the molecule is C/C=C(Cl)\C(CN(c1ncnc(NC/C(C)=C/C=C(\C)CC(N)=O)c1F)C(C)C)=C(/C)Cl. The van der Waals surface area contributed by atoms with E-state index in [1.807, 2.05) is 46.8 Å². The maximum Gasteiger partial charge on any atom is 0.221 e. The summed E-state index contributed by atoms with van der Waals surface area (Å²) in [6.45, 7) is 11.8. The lowest BCUT2D eigenvalue weighted by molar-refractivity contribution is -0.117. The van der Waals surface area contributed by atoms with Crippen molar-refractivity contribution < 1.29 is 9.18 Å². The topological polar surface area (TPSA) is 84.1 Å². The van der Waals surface area contributed by atoms with E-state index in [1.165, 1.54) is 6.33 Å². The molecule has 176 valence electrons. The maximum atomic E-state index is 15.3. The fourth-order valence-electron chi connectivity index (χ4n) is 2.78. The molecule has 0 bridgehead atoms. The lowest BCUT2D eigenvalue weighted by Gasteiger charge is -2.29. The summed E-state index contributed by atoms with van der Waals surface area (Å²) in [7, 11) is 0. The van der Waals surface area contributed by atoms with E-state index in [0.717, 1.165) is 11.1 Å². The first-order chi connectivity index (χ1) is 15.0. The van der Waals surface area contributed by atoms with Crippen LogP contribution < -0.4 is 16.0 Å². The second-order valence-corrected chi connectivity index (χ2v) is 8.73. The number of anilines is 2. The number of amides is 1. The summed E-state index contributed by atoms with van der Waals surface area (Å²) in [4.78, 5) is 21.0. The van der Waals surface area contributed by atoms with Crippen molar-refractivity contribution >= 4 is 40.7 Å². The number of hydrogen-bond donors (Lipinski definition) is 2. The molecule has 6 nitrogen and oxygen atoms in total. The van der Waals surface area contributed by atoms with Gasteiger partial charge in [0.05, 0.1) is 0 Å². The first kappa shape index (κ1) is 27.7. The molecule has 0 aromatic carbocycles. The van der Waals surface area contributed by atoms with Crippen LogP contribution in [0.2, 0.25) is 0 Å². The molecule has 9 heteroatoms. The Morgan fingerprint density at radius 3 is 2.38 bits per heavy atom. The van der Waals surface area contributed by atoms with E-state index in [-0.39, 0.29) is 30.0 Å². The van der Waals surface area contributed by atoms with Gasteiger partial charge >= 0.3 is 0 Å². The number of nitrogens with two attached hydrogens (primary N) is 1. The summed E-state index contributed by atoms with van der Waals surface area (Å²) < 4.78 is 15.3. The van der Waals surface area contributed by atoms with Crippen molar-refractivity contribution in [2.75, 3.05) is 23.3 Å². The number of halogens is 3. The molecule has 3 N–H and O–H groups in total. The fraction of sp³-hybridized carbons (Fsp3) is 0.435. The molecule has 0 aliphatic rings. The van der Waals surface area contributed by atoms with Gasteiger partial charge in [-0.1, -0.05) is 52.6 Å². The molecule has 1 aromatic rings. The second-order valence-electron chi connectivity index (χ2n) is 7.75. The number of carbonyl (C=O) groups excluding carboxylic acids is 1. The van der Waals surface area contributed by atoms with Crippen molar-refractivity contribution in [3.05, 3.63) is 57.2 Å². The van der Waals surface area contributed by atoms with Crippen molar-refractivity contribution in [2.24, 2.45) is 5.73 Å². The molecule has 1 amide bonds. The quantitative estimate of drug-likeness (QED) is 0.396. The van der Waals surface area contributed by atoms with E-state index >= 15 is 4.39 Å². The first-order valence-corrected chi connectivity index (χ1v) is 11.0. The average molecular weight is 484 g/mol. The Labute approximate surface area is 200 Å². The lowest BCUT2D eigenvalue weighted by Crippen LogP contribution is -2.35. The van der Waals surface area contributed by atoms with Gasteiger partial charge in [-0.15, -0.1) is 0 Å². The normalized spacial score (nSPS) is 13.9. The Balaban J connectivity index is 3.11. The summed E-state index contributed by atoms with van der Waals surface area (Å²) >= 11 is 12.6. The Morgan fingerprint density at radius 1 is 1.22 bits per heavy atom. The monoisotopic (exact) mass is 483 g/mol. The average Bonchev–Trinajstić information content (AvgIpc) is 2.71. The van der Waals surface area contributed by atoms with Crippen molar-refractivity contribution in [1.29, 1.82) is 0 Å². The van der Waals surface area contributed by atoms with E-state index < -0.39 is 5.82 Å². The van der Waals surface area contributed by atoms with Crippen LogP contribution in [0.4, 0.5) is 16.0 Å². The molecular formula is C23H32Cl2FN5O. The second kappa shape index (κ2) is 13.2. The van der Waals surface area contributed by atoms with Gasteiger partial charge in [-0.2, -0.15) is 4.39 Å². The molecule has 0 aliphatic heterocycles. The summed E-state index contributed by atoms with van der Waals surface area (Å²) in [5.74, 6) is -0.687. The van der Waals surface area contributed by atoms with Crippen LogP contribution in [-0.4, -0.2) is 35.0 Å². The van der Waals surface area contributed by atoms with Gasteiger partial charge < -0.3 is 16.0 Å². The van der Waals surface area contributed by atoms with Crippen molar-refractivity contribution in [1.82, 2.24) is 9.97 Å². The lowest BCUT2D eigenvalue weighted by atomic mass is 10.1. The minimum Gasteiger partial charge on any atom is -0.369 e. The Morgan fingerprint density at radius 2 is 1.84 bits per heavy atom. The van der Waals surface area contributed by atoms with E-state index in [4.69, 9.17) is 28.9 Å². The molecule has 0 spiro atoms. The zero-order valence-corrected chi connectivity index (χ0v) is 21.0.